The Bertz CT molecular complexity index is 588. The third-order valence-electron chi connectivity index (χ3n) is 7.19. The van der Waals surface area contributed by atoms with Gasteiger partial charge < -0.3 is 0 Å². The van der Waals surface area contributed by atoms with E-state index in [9.17, 15) is 13.2 Å². The first-order chi connectivity index (χ1) is 13.5. The van der Waals surface area contributed by atoms with Crippen LogP contribution in [-0.4, -0.2) is 15.0 Å². The van der Waals surface area contributed by atoms with Crippen molar-refractivity contribution in [1.29, 1.82) is 0 Å². The fraction of sp³-hybridized carbons (Fsp3) is 0.750. The topological polar surface area (TPSA) is 0 Å². The molecule has 3 rings (SSSR count). The monoisotopic (exact) mass is 409 g/mol. The van der Waals surface area contributed by atoms with Gasteiger partial charge in [0.1, 0.15) is 0 Å². The van der Waals surface area contributed by atoms with Gasteiger partial charge in [-0.1, -0.05) is 56.3 Å². The van der Waals surface area contributed by atoms with Crippen molar-refractivity contribution >= 4 is 8.80 Å². The molecule has 0 amide bonds. The molecule has 1 aromatic carbocycles. The van der Waals surface area contributed by atoms with E-state index in [1.807, 2.05) is 0 Å². The number of halogens is 3. The molecule has 1 saturated heterocycles. The molecule has 28 heavy (non-hydrogen) atoms. The van der Waals surface area contributed by atoms with Gasteiger partial charge in [-0.3, -0.25) is 0 Å². The lowest BCUT2D eigenvalue weighted by Crippen LogP contribution is -2.22. The summed E-state index contributed by atoms with van der Waals surface area (Å²) in [6.45, 7) is 1.68. The average molecular weight is 410 g/mol. The lowest BCUT2D eigenvalue weighted by molar-refractivity contribution is 0.279. The van der Waals surface area contributed by atoms with Crippen LogP contribution in [0.1, 0.15) is 82.6 Å². The molecule has 1 heterocycles. The van der Waals surface area contributed by atoms with E-state index in [1.54, 1.807) is 13.0 Å². The fourth-order valence-electron chi connectivity index (χ4n) is 5.28. The van der Waals surface area contributed by atoms with E-state index in [0.29, 0.717) is 5.92 Å². The molecule has 2 aliphatic rings. The van der Waals surface area contributed by atoms with Crippen LogP contribution in [0.25, 0.3) is 0 Å². The van der Waals surface area contributed by atoms with Crippen LogP contribution in [0.5, 0.6) is 0 Å². The lowest BCUT2D eigenvalue weighted by atomic mass is 9.76. The van der Waals surface area contributed by atoms with Crippen molar-refractivity contribution in [2.75, 3.05) is 0 Å². The lowest BCUT2D eigenvalue weighted by Gasteiger charge is -2.32. The van der Waals surface area contributed by atoms with E-state index in [-0.39, 0.29) is 8.80 Å². The highest BCUT2D eigenvalue weighted by Gasteiger charge is 2.26. The van der Waals surface area contributed by atoms with Gasteiger partial charge in [-0.15, -0.1) is 0 Å². The first-order valence-electron chi connectivity index (χ1n) is 11.4. The minimum absolute atomic E-state index is 0.186. The van der Waals surface area contributed by atoms with Crippen LogP contribution in [0.15, 0.2) is 18.2 Å². The summed E-state index contributed by atoms with van der Waals surface area (Å²) in [6.07, 6.45) is 11.4. The first-order valence-corrected chi connectivity index (χ1v) is 13.6. The molecule has 157 valence electrons. The van der Waals surface area contributed by atoms with Crippen LogP contribution < -0.4 is 0 Å². The van der Waals surface area contributed by atoms with E-state index in [0.717, 1.165) is 43.1 Å². The van der Waals surface area contributed by atoms with Gasteiger partial charge in [0.05, 0.1) is 6.17 Å². The normalized spacial score (nSPS) is 25.7. The zero-order valence-electron chi connectivity index (χ0n) is 17.4. The molecule has 0 spiro atoms. The molecular formula is C24H36F3Si. The second-order valence-electron chi connectivity index (χ2n) is 9.33. The Kier molecular flexibility index (Phi) is 8.49. The zero-order valence-corrected chi connectivity index (χ0v) is 18.4. The van der Waals surface area contributed by atoms with Gasteiger partial charge in [0.15, 0.2) is 11.6 Å². The Morgan fingerprint density at radius 1 is 0.929 bits per heavy atom. The summed E-state index contributed by atoms with van der Waals surface area (Å²) >= 11 is 0. The van der Waals surface area contributed by atoms with Crippen molar-refractivity contribution in [3.05, 3.63) is 35.4 Å². The molecule has 1 atom stereocenters. The van der Waals surface area contributed by atoms with Crippen molar-refractivity contribution in [3.63, 3.8) is 0 Å². The Morgan fingerprint density at radius 3 is 2.18 bits per heavy atom. The second-order valence-corrected chi connectivity index (χ2v) is 12.3. The molecule has 0 N–H and O–H groups in total. The van der Waals surface area contributed by atoms with Crippen LogP contribution >= 0.6 is 0 Å². The molecule has 4 heteroatoms. The Hall–Kier alpha value is -0.773. The summed E-state index contributed by atoms with van der Waals surface area (Å²) in [5.41, 5.74) is 0.974. The molecule has 1 aliphatic carbocycles. The number of hydrogen-bond donors (Lipinski definition) is 0. The van der Waals surface area contributed by atoms with Gasteiger partial charge >= 0.3 is 0 Å². The molecular weight excluding hydrogens is 373 g/mol. The quantitative estimate of drug-likeness (QED) is 0.381. The second kappa shape index (κ2) is 10.8. The SMILES string of the molecule is CC(F)CCC[Si]1CCC(CCC2CCC(c3ccc(F)c(F)c3)CC2)CC1. The summed E-state index contributed by atoms with van der Waals surface area (Å²) in [7, 11) is -0.186. The largest absolute Gasteiger partial charge is 0.248 e. The Morgan fingerprint density at radius 2 is 1.57 bits per heavy atom. The number of benzene rings is 1. The van der Waals surface area contributed by atoms with Crippen molar-refractivity contribution in [2.24, 2.45) is 11.8 Å². The van der Waals surface area contributed by atoms with E-state index in [1.165, 1.54) is 68.8 Å². The minimum atomic E-state index is -0.744. The smallest absolute Gasteiger partial charge is 0.159 e. The number of alkyl halides is 1. The predicted molar refractivity (Wildman–Crippen MR) is 113 cm³/mol. The van der Waals surface area contributed by atoms with Crippen LogP contribution in [-0.2, 0) is 0 Å². The molecule has 1 radical (unpaired) electrons. The van der Waals surface area contributed by atoms with Crippen LogP contribution in [0.2, 0.25) is 18.1 Å². The maximum absolute atomic E-state index is 13.5. The maximum atomic E-state index is 13.5. The van der Waals surface area contributed by atoms with Crippen molar-refractivity contribution in [3.8, 4) is 0 Å². The van der Waals surface area contributed by atoms with Crippen LogP contribution in [0.3, 0.4) is 0 Å². The number of hydrogen-bond acceptors (Lipinski definition) is 0. The summed E-state index contributed by atoms with van der Waals surface area (Å²) < 4.78 is 39.5. The molecule has 1 unspecified atom stereocenters. The Labute approximate surface area is 170 Å². The van der Waals surface area contributed by atoms with Crippen molar-refractivity contribution < 1.29 is 13.2 Å². The Balaban J connectivity index is 1.31. The van der Waals surface area contributed by atoms with E-state index in [2.05, 4.69) is 0 Å². The zero-order chi connectivity index (χ0) is 19.9. The molecule has 1 aliphatic heterocycles. The predicted octanol–water partition coefficient (Wildman–Crippen LogP) is 8.06. The minimum Gasteiger partial charge on any atom is -0.248 e. The molecule has 0 nitrogen and oxygen atoms in total. The molecule has 0 aromatic heterocycles. The molecule has 1 saturated carbocycles. The fourth-order valence-corrected chi connectivity index (χ4v) is 8.37. The summed E-state index contributed by atoms with van der Waals surface area (Å²) in [6, 6.07) is 8.64. The molecule has 2 fully saturated rings. The van der Waals surface area contributed by atoms with Gasteiger partial charge in [0.25, 0.3) is 0 Å². The van der Waals surface area contributed by atoms with E-state index < -0.39 is 17.8 Å². The van der Waals surface area contributed by atoms with Gasteiger partial charge in [0, 0.05) is 8.80 Å². The highest BCUT2D eigenvalue weighted by atomic mass is 28.3. The number of rotatable bonds is 8. The van der Waals surface area contributed by atoms with Crippen LogP contribution in [0, 0.1) is 23.5 Å². The van der Waals surface area contributed by atoms with E-state index >= 15 is 0 Å². The van der Waals surface area contributed by atoms with Gasteiger partial charge in [0.2, 0.25) is 0 Å². The molecule has 0 bridgehead atoms. The highest BCUT2D eigenvalue weighted by Crippen LogP contribution is 2.39. The van der Waals surface area contributed by atoms with Gasteiger partial charge in [-0.05, 0) is 74.5 Å². The van der Waals surface area contributed by atoms with E-state index in [4.69, 9.17) is 0 Å². The molecule has 1 aromatic rings. The van der Waals surface area contributed by atoms with Crippen LogP contribution in [0.4, 0.5) is 13.2 Å². The van der Waals surface area contributed by atoms with Crippen molar-refractivity contribution in [1.82, 2.24) is 0 Å². The first kappa shape index (κ1) is 21.9. The third-order valence-corrected chi connectivity index (χ3v) is 10.2. The highest BCUT2D eigenvalue weighted by molar-refractivity contribution is 6.58. The van der Waals surface area contributed by atoms with Gasteiger partial charge in [-0.25, -0.2) is 13.2 Å². The summed E-state index contributed by atoms with van der Waals surface area (Å²) in [5, 5.41) is 0. The van der Waals surface area contributed by atoms with Crippen molar-refractivity contribution in [2.45, 2.75) is 101 Å². The summed E-state index contributed by atoms with van der Waals surface area (Å²) in [5.74, 6) is 0.679. The van der Waals surface area contributed by atoms with Gasteiger partial charge in [-0.2, -0.15) is 0 Å². The maximum Gasteiger partial charge on any atom is 0.159 e. The third kappa shape index (κ3) is 6.64. The summed E-state index contributed by atoms with van der Waals surface area (Å²) in [4.78, 5) is 0. The standard InChI is InChI=1S/C24H36F3Si/c1-18(25)3-2-14-28-15-12-20(13-16-28)5-4-19-6-8-21(9-7-19)22-10-11-23(26)24(27)17-22/h10-11,17-21H,2-9,12-16H2,1H3. The average Bonchev–Trinajstić information content (AvgIpc) is 2.70.